The molecule has 1 aliphatic heterocycles. The van der Waals surface area contributed by atoms with E-state index in [-0.39, 0.29) is 0 Å². The van der Waals surface area contributed by atoms with Crippen molar-refractivity contribution in [3.05, 3.63) is 17.3 Å². The van der Waals surface area contributed by atoms with Crippen LogP contribution < -0.4 is 5.32 Å². The average molecular weight is 278 g/mol. The molecule has 1 N–H and O–H groups in total. The highest BCUT2D eigenvalue weighted by atomic mass is 32.1. The van der Waals surface area contributed by atoms with Gasteiger partial charge < -0.3 is 10.1 Å². The van der Waals surface area contributed by atoms with Gasteiger partial charge in [-0.05, 0) is 13.0 Å². The minimum Gasteiger partial charge on any atom is -0.379 e. The zero-order valence-corrected chi connectivity index (χ0v) is 11.9. The Balaban J connectivity index is 1.61. The van der Waals surface area contributed by atoms with Gasteiger partial charge in [-0.2, -0.15) is 0 Å². The summed E-state index contributed by atoms with van der Waals surface area (Å²) in [6.07, 6.45) is 1.63. The molecule has 1 fully saturated rings. The maximum atomic E-state index is 5.34. The van der Waals surface area contributed by atoms with E-state index in [0.717, 1.165) is 55.4 Å². The fourth-order valence-electron chi connectivity index (χ4n) is 2.27. The van der Waals surface area contributed by atoms with Crippen molar-refractivity contribution < 1.29 is 4.74 Å². The zero-order chi connectivity index (χ0) is 13.1. The van der Waals surface area contributed by atoms with Crippen LogP contribution in [0.5, 0.6) is 0 Å². The van der Waals surface area contributed by atoms with Crippen LogP contribution in [0.15, 0.2) is 12.4 Å². The van der Waals surface area contributed by atoms with Gasteiger partial charge in [0, 0.05) is 31.1 Å². The lowest BCUT2D eigenvalue weighted by Gasteiger charge is -2.26. The number of hydrogen-bond acceptors (Lipinski definition) is 6. The molecular weight excluding hydrogens is 260 g/mol. The number of nitrogens with zero attached hydrogens (tertiary/aromatic N) is 3. The molecule has 19 heavy (non-hydrogen) atoms. The van der Waals surface area contributed by atoms with Crippen molar-refractivity contribution in [2.24, 2.45) is 0 Å². The van der Waals surface area contributed by atoms with E-state index >= 15 is 0 Å². The third-order valence-electron chi connectivity index (χ3n) is 3.28. The van der Waals surface area contributed by atoms with Crippen LogP contribution in [0, 0.1) is 6.92 Å². The fourth-order valence-corrected chi connectivity index (χ4v) is 3.12. The minimum absolute atomic E-state index is 0.849. The Bertz CT molecular complexity index is 551. The quantitative estimate of drug-likeness (QED) is 0.923. The minimum atomic E-state index is 0.849. The second-order valence-electron chi connectivity index (χ2n) is 4.68. The highest BCUT2D eigenvalue weighted by Gasteiger charge is 2.10. The Morgan fingerprint density at radius 2 is 2.21 bits per heavy atom. The topological polar surface area (TPSA) is 50.3 Å². The van der Waals surface area contributed by atoms with Crippen molar-refractivity contribution in [3.63, 3.8) is 0 Å². The lowest BCUT2D eigenvalue weighted by atomic mass is 10.3. The van der Waals surface area contributed by atoms with Crippen LogP contribution in [0.4, 0.5) is 5.82 Å². The van der Waals surface area contributed by atoms with Crippen LogP contribution in [0.3, 0.4) is 0 Å². The summed E-state index contributed by atoms with van der Waals surface area (Å²) in [6, 6.07) is 2.15. The molecule has 0 aromatic carbocycles. The predicted octanol–water partition coefficient (Wildman–Crippen LogP) is 1.74. The highest BCUT2D eigenvalue weighted by Crippen LogP contribution is 2.27. The third-order valence-corrected chi connectivity index (χ3v) is 4.24. The summed E-state index contributed by atoms with van der Waals surface area (Å²) >= 11 is 1.71. The number of rotatable bonds is 4. The van der Waals surface area contributed by atoms with Crippen LogP contribution in [-0.2, 0) is 4.74 Å². The van der Waals surface area contributed by atoms with Crippen molar-refractivity contribution in [3.8, 4) is 0 Å². The van der Waals surface area contributed by atoms with Gasteiger partial charge >= 0.3 is 0 Å². The molecule has 1 saturated heterocycles. The van der Waals surface area contributed by atoms with E-state index in [9.17, 15) is 0 Å². The molecule has 1 aliphatic rings. The third kappa shape index (κ3) is 3.02. The van der Waals surface area contributed by atoms with Crippen LogP contribution in [0.25, 0.3) is 10.2 Å². The van der Waals surface area contributed by atoms with Crippen molar-refractivity contribution in [1.29, 1.82) is 0 Å². The van der Waals surface area contributed by atoms with Gasteiger partial charge in [-0.15, -0.1) is 11.3 Å². The highest BCUT2D eigenvalue weighted by molar-refractivity contribution is 7.18. The number of aromatic nitrogens is 2. The molecule has 102 valence electrons. The van der Waals surface area contributed by atoms with Crippen LogP contribution in [0.2, 0.25) is 0 Å². The van der Waals surface area contributed by atoms with E-state index in [1.54, 1.807) is 17.7 Å². The van der Waals surface area contributed by atoms with Gasteiger partial charge in [0.15, 0.2) is 0 Å². The van der Waals surface area contributed by atoms with Crippen LogP contribution >= 0.6 is 11.3 Å². The number of thiophene rings is 1. The van der Waals surface area contributed by atoms with E-state index in [4.69, 9.17) is 4.74 Å². The maximum Gasteiger partial charge on any atom is 0.138 e. The first kappa shape index (κ1) is 12.8. The molecule has 2 aromatic heterocycles. The number of ether oxygens (including phenoxy) is 1. The van der Waals surface area contributed by atoms with Gasteiger partial charge in [0.1, 0.15) is 17.0 Å². The molecule has 0 atom stereocenters. The summed E-state index contributed by atoms with van der Waals surface area (Å²) in [5.41, 5.74) is 0. The molecule has 0 radical (unpaired) electrons. The van der Waals surface area contributed by atoms with Gasteiger partial charge in [0.05, 0.1) is 18.6 Å². The lowest BCUT2D eigenvalue weighted by molar-refractivity contribution is 0.0398. The summed E-state index contributed by atoms with van der Waals surface area (Å²) in [4.78, 5) is 13.4. The Labute approximate surface area is 116 Å². The molecule has 0 bridgehead atoms. The first-order valence-electron chi connectivity index (χ1n) is 6.58. The summed E-state index contributed by atoms with van der Waals surface area (Å²) in [7, 11) is 0. The Morgan fingerprint density at radius 3 is 3.05 bits per heavy atom. The molecule has 5 nitrogen and oxygen atoms in total. The van der Waals surface area contributed by atoms with Crippen LogP contribution in [-0.4, -0.2) is 54.3 Å². The largest absolute Gasteiger partial charge is 0.379 e. The lowest BCUT2D eigenvalue weighted by Crippen LogP contribution is -2.39. The number of aryl methyl sites for hydroxylation is 1. The predicted molar refractivity (Wildman–Crippen MR) is 77.9 cm³/mol. The monoisotopic (exact) mass is 278 g/mol. The van der Waals surface area contributed by atoms with Crippen molar-refractivity contribution in [2.45, 2.75) is 6.92 Å². The number of fused-ring (bicyclic) bond motifs is 1. The van der Waals surface area contributed by atoms with Gasteiger partial charge in [0.25, 0.3) is 0 Å². The number of nitrogens with one attached hydrogen (secondary N) is 1. The first-order chi connectivity index (χ1) is 9.33. The van der Waals surface area contributed by atoms with E-state index in [1.807, 2.05) is 0 Å². The zero-order valence-electron chi connectivity index (χ0n) is 11.1. The van der Waals surface area contributed by atoms with Gasteiger partial charge in [0.2, 0.25) is 0 Å². The molecule has 0 saturated carbocycles. The molecule has 0 unspecified atom stereocenters. The van der Waals surface area contributed by atoms with Crippen LogP contribution in [0.1, 0.15) is 4.88 Å². The molecule has 0 spiro atoms. The fraction of sp³-hybridized carbons (Fsp3) is 0.538. The van der Waals surface area contributed by atoms with Gasteiger partial charge in [-0.1, -0.05) is 0 Å². The summed E-state index contributed by atoms with van der Waals surface area (Å²) in [5, 5.41) is 4.55. The Morgan fingerprint density at radius 1 is 1.37 bits per heavy atom. The molecular formula is C13H18N4OS. The standard InChI is InChI=1S/C13H18N4OS/c1-10-8-11-12(15-9-16-13(11)19-10)14-2-3-17-4-6-18-7-5-17/h8-9H,2-7H2,1H3,(H,14,15,16). The molecule has 0 aliphatic carbocycles. The second kappa shape index (κ2) is 5.81. The molecule has 2 aromatic rings. The van der Waals surface area contributed by atoms with Crippen molar-refractivity contribution >= 4 is 27.4 Å². The smallest absolute Gasteiger partial charge is 0.138 e. The summed E-state index contributed by atoms with van der Waals surface area (Å²) in [5.74, 6) is 0.947. The van der Waals surface area contributed by atoms with E-state index < -0.39 is 0 Å². The number of anilines is 1. The summed E-state index contributed by atoms with van der Waals surface area (Å²) in [6.45, 7) is 7.78. The molecule has 6 heteroatoms. The Kier molecular flexibility index (Phi) is 3.91. The number of hydrogen-bond donors (Lipinski definition) is 1. The van der Waals surface area contributed by atoms with Crippen molar-refractivity contribution in [2.75, 3.05) is 44.7 Å². The Hall–Kier alpha value is -1.24. The van der Waals surface area contributed by atoms with E-state index in [2.05, 4.69) is 33.2 Å². The molecule has 3 heterocycles. The van der Waals surface area contributed by atoms with E-state index in [1.165, 1.54) is 4.88 Å². The van der Waals surface area contributed by atoms with Gasteiger partial charge in [-0.3, -0.25) is 4.90 Å². The van der Waals surface area contributed by atoms with Gasteiger partial charge in [-0.25, -0.2) is 9.97 Å². The maximum absolute atomic E-state index is 5.34. The second-order valence-corrected chi connectivity index (χ2v) is 5.91. The molecule has 3 rings (SSSR count). The molecule has 0 amide bonds. The number of morpholine rings is 1. The van der Waals surface area contributed by atoms with E-state index in [0.29, 0.717) is 0 Å². The normalized spacial score (nSPS) is 16.9. The van der Waals surface area contributed by atoms with Crippen molar-refractivity contribution in [1.82, 2.24) is 14.9 Å². The first-order valence-corrected chi connectivity index (χ1v) is 7.40. The SMILES string of the molecule is Cc1cc2c(NCCN3CCOCC3)ncnc2s1. The summed E-state index contributed by atoms with van der Waals surface area (Å²) < 4.78 is 5.34. The average Bonchev–Trinajstić information content (AvgIpc) is 2.81.